The number of allylic oxidation sites excluding steroid dienone is 2. The molecule has 2 bridgehead atoms. The van der Waals surface area contributed by atoms with E-state index in [9.17, 15) is 24.8 Å². The highest BCUT2D eigenvalue weighted by molar-refractivity contribution is 6.07. The molecule has 4 aliphatic rings. The zero-order chi connectivity index (χ0) is 18.2. The Bertz CT molecular complexity index is 899. The minimum absolute atomic E-state index is 0.0802. The lowest BCUT2D eigenvalue weighted by molar-refractivity contribution is -0.384. The minimum atomic E-state index is -0.591. The topological polar surface area (TPSA) is 113 Å². The van der Waals surface area contributed by atoms with Crippen LogP contribution in [-0.2, 0) is 9.59 Å². The van der Waals surface area contributed by atoms with E-state index in [2.05, 4.69) is 17.3 Å². The zero-order valence-electron chi connectivity index (χ0n) is 13.6. The average Bonchev–Trinajstić information content (AvgIpc) is 3.21. The van der Waals surface area contributed by atoms with E-state index >= 15 is 0 Å². The van der Waals surface area contributed by atoms with Crippen LogP contribution < -0.4 is 0 Å². The number of hydrogen-bond donors (Lipinski definition) is 1. The molecule has 0 aromatic heterocycles. The number of rotatable bonds is 3. The lowest BCUT2D eigenvalue weighted by Gasteiger charge is -2.18. The quantitative estimate of drug-likeness (QED) is 0.293. The number of carbonyl (C=O) groups is 2. The van der Waals surface area contributed by atoms with Gasteiger partial charge in [0.15, 0.2) is 0 Å². The van der Waals surface area contributed by atoms with Crippen molar-refractivity contribution >= 4 is 23.7 Å². The number of hydrazone groups is 1. The molecule has 0 radical (unpaired) electrons. The van der Waals surface area contributed by atoms with Crippen LogP contribution in [0.5, 0.6) is 5.75 Å². The van der Waals surface area contributed by atoms with Crippen LogP contribution in [0.4, 0.5) is 5.69 Å². The van der Waals surface area contributed by atoms with E-state index in [1.54, 1.807) is 0 Å². The number of carbonyl (C=O) groups excluding carboxylic acids is 2. The molecule has 1 spiro atoms. The molecule has 0 unspecified atom stereocenters. The van der Waals surface area contributed by atoms with Crippen LogP contribution in [0.2, 0.25) is 0 Å². The lowest BCUT2D eigenvalue weighted by Crippen LogP contribution is -2.30. The molecule has 1 N–H and O–H groups in total. The van der Waals surface area contributed by atoms with E-state index in [1.807, 2.05) is 0 Å². The van der Waals surface area contributed by atoms with Crippen LogP contribution in [0.1, 0.15) is 18.4 Å². The van der Waals surface area contributed by atoms with Gasteiger partial charge in [0.2, 0.25) is 0 Å². The molecule has 5 rings (SSSR count). The number of benzene rings is 1. The fourth-order valence-corrected chi connectivity index (χ4v) is 5.06. The van der Waals surface area contributed by atoms with Crippen molar-refractivity contribution in [2.45, 2.75) is 12.8 Å². The summed E-state index contributed by atoms with van der Waals surface area (Å²) in [6, 6.07) is 3.50. The standard InChI is InChI=1S/C18H15N3O5/c22-13-4-1-10(21(25)26)7-9(13)8-19-20-16(23)14-11-2-3-12(15(14)17(20)24)18(11)5-6-18/h1-4,7-8,11-12,14-15,22H,5-6H2/b19-8-/t11-,12-,14-,15-/m0/s1. The highest BCUT2D eigenvalue weighted by Crippen LogP contribution is 2.73. The molecule has 8 nitrogen and oxygen atoms in total. The molecule has 132 valence electrons. The molecule has 1 saturated heterocycles. The van der Waals surface area contributed by atoms with Crippen molar-refractivity contribution in [2.24, 2.45) is 34.2 Å². The van der Waals surface area contributed by atoms with Crippen LogP contribution in [0.25, 0.3) is 0 Å². The number of phenolic OH excluding ortho intramolecular Hbond substituents is 1. The second kappa shape index (κ2) is 4.78. The summed E-state index contributed by atoms with van der Waals surface area (Å²) >= 11 is 0. The highest BCUT2D eigenvalue weighted by Gasteiger charge is 2.73. The van der Waals surface area contributed by atoms with E-state index in [-0.39, 0.29) is 57.9 Å². The molecule has 3 fully saturated rings. The Hall–Kier alpha value is -3.03. The Balaban J connectivity index is 1.44. The maximum atomic E-state index is 12.8. The summed E-state index contributed by atoms with van der Waals surface area (Å²) in [5, 5.41) is 25.5. The third kappa shape index (κ3) is 1.76. The van der Waals surface area contributed by atoms with Crippen molar-refractivity contribution in [2.75, 3.05) is 0 Å². The summed E-state index contributed by atoms with van der Waals surface area (Å²) in [4.78, 5) is 35.8. The second-order valence-electron chi connectivity index (χ2n) is 7.45. The monoisotopic (exact) mass is 353 g/mol. The van der Waals surface area contributed by atoms with Gasteiger partial charge >= 0.3 is 0 Å². The molecular weight excluding hydrogens is 338 g/mol. The number of nitro benzene ring substituents is 1. The van der Waals surface area contributed by atoms with Gasteiger partial charge in [-0.25, -0.2) is 0 Å². The van der Waals surface area contributed by atoms with E-state index in [0.29, 0.717) is 0 Å². The molecule has 8 heteroatoms. The SMILES string of the molecule is O=C1[C@@H]2[C@@H](C(=O)N1/N=C\c1cc([N+](=O)[O-])ccc1O)[C@@H]1C=C[C@@H]2C12CC2. The first-order valence-corrected chi connectivity index (χ1v) is 8.51. The third-order valence-corrected chi connectivity index (χ3v) is 6.36. The molecule has 26 heavy (non-hydrogen) atoms. The van der Waals surface area contributed by atoms with Crippen molar-refractivity contribution in [3.63, 3.8) is 0 Å². The van der Waals surface area contributed by atoms with E-state index in [1.165, 1.54) is 12.1 Å². The lowest BCUT2D eigenvalue weighted by atomic mass is 9.85. The number of amides is 2. The van der Waals surface area contributed by atoms with Crippen LogP contribution in [0.15, 0.2) is 35.5 Å². The number of nitro groups is 1. The van der Waals surface area contributed by atoms with Gasteiger partial charge in [0.25, 0.3) is 17.5 Å². The Morgan fingerprint density at radius 2 is 1.81 bits per heavy atom. The van der Waals surface area contributed by atoms with Crippen LogP contribution in [0.3, 0.4) is 0 Å². The molecule has 2 saturated carbocycles. The first-order valence-electron chi connectivity index (χ1n) is 8.51. The molecular formula is C18H15N3O5. The second-order valence-corrected chi connectivity index (χ2v) is 7.45. The van der Waals surface area contributed by atoms with Gasteiger partial charge in [-0.3, -0.25) is 19.7 Å². The first kappa shape index (κ1) is 15.2. The van der Waals surface area contributed by atoms with Gasteiger partial charge in [0, 0.05) is 17.7 Å². The van der Waals surface area contributed by atoms with Crippen molar-refractivity contribution < 1.29 is 19.6 Å². The molecule has 3 aliphatic carbocycles. The van der Waals surface area contributed by atoms with Crippen molar-refractivity contribution in [1.29, 1.82) is 0 Å². The number of phenols is 1. The van der Waals surface area contributed by atoms with Crippen LogP contribution in [-0.4, -0.2) is 33.1 Å². The average molecular weight is 353 g/mol. The number of imide groups is 1. The highest BCUT2D eigenvalue weighted by atomic mass is 16.6. The minimum Gasteiger partial charge on any atom is -0.507 e. The molecule has 1 aliphatic heterocycles. The maximum Gasteiger partial charge on any atom is 0.270 e. The van der Waals surface area contributed by atoms with Crippen LogP contribution in [0, 0.1) is 39.2 Å². The van der Waals surface area contributed by atoms with E-state index in [4.69, 9.17) is 0 Å². The van der Waals surface area contributed by atoms with Gasteiger partial charge in [-0.05, 0) is 36.2 Å². The molecule has 1 aromatic carbocycles. The Morgan fingerprint density at radius 3 is 2.35 bits per heavy atom. The Labute approximate surface area is 147 Å². The predicted molar refractivity (Wildman–Crippen MR) is 89.0 cm³/mol. The van der Waals surface area contributed by atoms with Gasteiger partial charge in [0.05, 0.1) is 23.0 Å². The Kier molecular flexibility index (Phi) is 2.80. The predicted octanol–water partition coefficient (Wildman–Crippen LogP) is 1.83. The molecule has 2 amide bonds. The van der Waals surface area contributed by atoms with Gasteiger partial charge in [0.1, 0.15) is 5.75 Å². The number of hydrogen-bond acceptors (Lipinski definition) is 6. The van der Waals surface area contributed by atoms with Crippen molar-refractivity contribution in [3.05, 3.63) is 46.0 Å². The maximum absolute atomic E-state index is 12.8. The number of fused-ring (bicyclic) bond motifs is 3. The largest absolute Gasteiger partial charge is 0.507 e. The molecule has 4 atom stereocenters. The molecule has 1 heterocycles. The number of aromatic hydroxyl groups is 1. The van der Waals surface area contributed by atoms with Gasteiger partial charge in [-0.1, -0.05) is 12.2 Å². The zero-order valence-corrected chi connectivity index (χ0v) is 13.6. The Morgan fingerprint density at radius 1 is 1.19 bits per heavy atom. The first-order chi connectivity index (χ1) is 12.4. The van der Waals surface area contributed by atoms with E-state index < -0.39 is 4.92 Å². The third-order valence-electron chi connectivity index (χ3n) is 6.36. The summed E-state index contributed by atoms with van der Waals surface area (Å²) in [6.07, 6.45) is 7.40. The summed E-state index contributed by atoms with van der Waals surface area (Å²) < 4.78 is 0. The van der Waals surface area contributed by atoms with E-state index in [0.717, 1.165) is 30.1 Å². The summed E-state index contributed by atoms with van der Waals surface area (Å²) in [7, 11) is 0. The summed E-state index contributed by atoms with van der Waals surface area (Å²) in [5.41, 5.74) is -0.0101. The normalized spacial score (nSPS) is 32.8. The fourth-order valence-electron chi connectivity index (χ4n) is 5.06. The van der Waals surface area contributed by atoms with Gasteiger partial charge < -0.3 is 5.11 Å². The molecule has 1 aromatic rings. The van der Waals surface area contributed by atoms with Crippen molar-refractivity contribution in [1.82, 2.24) is 5.01 Å². The fraction of sp³-hybridized carbons (Fsp3) is 0.389. The van der Waals surface area contributed by atoms with Gasteiger partial charge in [-0.15, -0.1) is 0 Å². The van der Waals surface area contributed by atoms with Crippen LogP contribution >= 0.6 is 0 Å². The summed E-state index contributed by atoms with van der Waals surface area (Å²) in [5.74, 6) is -1.32. The van der Waals surface area contributed by atoms with Crippen molar-refractivity contribution in [3.8, 4) is 5.75 Å². The van der Waals surface area contributed by atoms with Gasteiger partial charge in [-0.2, -0.15) is 10.1 Å². The summed E-state index contributed by atoms with van der Waals surface area (Å²) in [6.45, 7) is 0. The number of non-ortho nitro benzene ring substituents is 1. The smallest absolute Gasteiger partial charge is 0.270 e. The number of nitrogens with zero attached hydrogens (tertiary/aromatic N) is 3.